The third-order valence-electron chi connectivity index (χ3n) is 4.14. The predicted octanol–water partition coefficient (Wildman–Crippen LogP) is 4.41. The molecule has 0 fully saturated rings. The molecular formula is C18H21NO. The predicted molar refractivity (Wildman–Crippen MR) is 83.6 cm³/mol. The molecule has 1 N–H and O–H groups in total. The smallest absolute Gasteiger partial charge is 0.119 e. The maximum Gasteiger partial charge on any atom is 0.119 e. The molecule has 2 aromatic rings. The lowest BCUT2D eigenvalue weighted by atomic mass is 10.0. The molecule has 20 heavy (non-hydrogen) atoms. The second-order valence-corrected chi connectivity index (χ2v) is 5.62. The van der Waals surface area contributed by atoms with Gasteiger partial charge in [-0.1, -0.05) is 23.8 Å². The van der Waals surface area contributed by atoms with Crippen molar-refractivity contribution in [2.24, 2.45) is 0 Å². The standard InChI is InChI=1S/C18H21NO/c1-12-4-5-14-6-8-18(16(14)10-12)19-17-9-7-15(20-3)11-13(17)2/h4-5,7,9-11,18-19H,6,8H2,1-3H3. The molecule has 104 valence electrons. The summed E-state index contributed by atoms with van der Waals surface area (Å²) in [6.07, 6.45) is 2.34. The zero-order valence-electron chi connectivity index (χ0n) is 12.4. The van der Waals surface area contributed by atoms with E-state index < -0.39 is 0 Å². The normalized spacial score (nSPS) is 16.9. The molecule has 1 atom stereocenters. The summed E-state index contributed by atoms with van der Waals surface area (Å²) in [6, 6.07) is 13.4. The van der Waals surface area contributed by atoms with E-state index in [1.807, 2.05) is 6.07 Å². The first kappa shape index (κ1) is 13.0. The first-order valence-corrected chi connectivity index (χ1v) is 7.18. The molecule has 0 saturated heterocycles. The van der Waals surface area contributed by atoms with E-state index in [9.17, 15) is 0 Å². The maximum atomic E-state index is 5.26. The first-order chi connectivity index (χ1) is 9.67. The number of ether oxygens (including phenoxy) is 1. The van der Waals surface area contributed by atoms with E-state index in [1.54, 1.807) is 7.11 Å². The number of hydrogen-bond donors (Lipinski definition) is 1. The highest BCUT2D eigenvalue weighted by Crippen LogP contribution is 2.35. The Kier molecular flexibility index (Phi) is 3.39. The average molecular weight is 267 g/mol. The molecule has 2 aromatic carbocycles. The van der Waals surface area contributed by atoms with Crippen LogP contribution >= 0.6 is 0 Å². The Morgan fingerprint density at radius 1 is 1.10 bits per heavy atom. The van der Waals surface area contributed by atoms with E-state index in [2.05, 4.69) is 49.5 Å². The Bertz CT molecular complexity index is 633. The summed E-state index contributed by atoms with van der Waals surface area (Å²) in [5.41, 5.74) is 6.71. The zero-order valence-corrected chi connectivity index (χ0v) is 12.4. The number of anilines is 1. The molecule has 0 saturated carbocycles. The van der Waals surface area contributed by atoms with Crippen molar-refractivity contribution in [3.63, 3.8) is 0 Å². The number of rotatable bonds is 3. The molecule has 0 bridgehead atoms. The van der Waals surface area contributed by atoms with E-state index in [1.165, 1.54) is 40.8 Å². The van der Waals surface area contributed by atoms with Crippen LogP contribution in [0.3, 0.4) is 0 Å². The number of hydrogen-bond acceptors (Lipinski definition) is 2. The van der Waals surface area contributed by atoms with Crippen LogP contribution in [0.5, 0.6) is 5.75 Å². The highest BCUT2D eigenvalue weighted by Gasteiger charge is 2.22. The van der Waals surface area contributed by atoms with Crippen LogP contribution in [-0.2, 0) is 6.42 Å². The number of nitrogens with one attached hydrogen (secondary N) is 1. The van der Waals surface area contributed by atoms with Crippen molar-refractivity contribution in [1.29, 1.82) is 0 Å². The Hall–Kier alpha value is -1.96. The Morgan fingerprint density at radius 2 is 1.95 bits per heavy atom. The van der Waals surface area contributed by atoms with Crippen molar-refractivity contribution in [3.05, 3.63) is 58.7 Å². The van der Waals surface area contributed by atoms with Crippen LogP contribution in [0.4, 0.5) is 5.69 Å². The van der Waals surface area contributed by atoms with Gasteiger partial charge >= 0.3 is 0 Å². The van der Waals surface area contributed by atoms with Gasteiger partial charge in [0, 0.05) is 5.69 Å². The minimum absolute atomic E-state index is 0.428. The summed E-state index contributed by atoms with van der Waals surface area (Å²) in [5.74, 6) is 0.913. The molecule has 0 heterocycles. The lowest BCUT2D eigenvalue weighted by Gasteiger charge is -2.18. The molecule has 1 unspecified atom stereocenters. The van der Waals surface area contributed by atoms with E-state index in [0.717, 1.165) is 5.75 Å². The Labute approximate surface area is 120 Å². The highest BCUT2D eigenvalue weighted by molar-refractivity contribution is 5.56. The van der Waals surface area contributed by atoms with Gasteiger partial charge in [-0.25, -0.2) is 0 Å². The number of methoxy groups -OCH3 is 1. The van der Waals surface area contributed by atoms with Crippen molar-refractivity contribution < 1.29 is 4.74 Å². The minimum atomic E-state index is 0.428. The minimum Gasteiger partial charge on any atom is -0.497 e. The van der Waals surface area contributed by atoms with Gasteiger partial charge in [-0.2, -0.15) is 0 Å². The lowest BCUT2D eigenvalue weighted by Crippen LogP contribution is -2.08. The summed E-state index contributed by atoms with van der Waals surface area (Å²) >= 11 is 0. The van der Waals surface area contributed by atoms with E-state index in [-0.39, 0.29) is 0 Å². The van der Waals surface area contributed by atoms with Gasteiger partial charge in [-0.15, -0.1) is 0 Å². The van der Waals surface area contributed by atoms with Gasteiger partial charge in [-0.3, -0.25) is 0 Å². The van der Waals surface area contributed by atoms with Crippen molar-refractivity contribution >= 4 is 5.69 Å². The fourth-order valence-corrected chi connectivity index (χ4v) is 2.98. The van der Waals surface area contributed by atoms with Crippen molar-refractivity contribution in [2.75, 3.05) is 12.4 Å². The van der Waals surface area contributed by atoms with Gasteiger partial charge in [-0.05, 0) is 61.6 Å². The van der Waals surface area contributed by atoms with Crippen molar-refractivity contribution in [3.8, 4) is 5.75 Å². The van der Waals surface area contributed by atoms with Crippen molar-refractivity contribution in [1.82, 2.24) is 0 Å². The molecule has 0 aliphatic heterocycles. The third-order valence-corrected chi connectivity index (χ3v) is 4.14. The topological polar surface area (TPSA) is 21.3 Å². The molecule has 0 amide bonds. The van der Waals surface area contributed by atoms with Gasteiger partial charge in [0.2, 0.25) is 0 Å². The maximum absolute atomic E-state index is 5.26. The fraction of sp³-hybridized carbons (Fsp3) is 0.333. The van der Waals surface area contributed by atoms with Gasteiger partial charge in [0.1, 0.15) is 5.75 Å². The fourth-order valence-electron chi connectivity index (χ4n) is 2.98. The quantitative estimate of drug-likeness (QED) is 0.889. The number of aryl methyl sites for hydroxylation is 3. The molecule has 2 heteroatoms. The molecular weight excluding hydrogens is 246 g/mol. The molecule has 0 spiro atoms. The number of fused-ring (bicyclic) bond motifs is 1. The molecule has 0 aromatic heterocycles. The summed E-state index contributed by atoms with van der Waals surface area (Å²) < 4.78 is 5.26. The van der Waals surface area contributed by atoms with E-state index in [4.69, 9.17) is 4.74 Å². The van der Waals surface area contributed by atoms with Gasteiger partial charge in [0.15, 0.2) is 0 Å². The van der Waals surface area contributed by atoms with Gasteiger partial charge in [0.05, 0.1) is 13.2 Å². The van der Waals surface area contributed by atoms with Gasteiger partial charge in [0.25, 0.3) is 0 Å². The molecule has 1 aliphatic carbocycles. The third kappa shape index (κ3) is 2.38. The Morgan fingerprint density at radius 3 is 2.70 bits per heavy atom. The lowest BCUT2D eigenvalue weighted by molar-refractivity contribution is 0.414. The first-order valence-electron chi connectivity index (χ1n) is 7.18. The number of benzene rings is 2. The SMILES string of the molecule is COc1ccc(NC2CCc3ccc(C)cc32)c(C)c1. The van der Waals surface area contributed by atoms with Crippen LogP contribution in [0.1, 0.15) is 34.7 Å². The summed E-state index contributed by atoms with van der Waals surface area (Å²) in [4.78, 5) is 0. The summed E-state index contributed by atoms with van der Waals surface area (Å²) in [5, 5.41) is 3.69. The molecule has 2 nitrogen and oxygen atoms in total. The average Bonchev–Trinajstić information content (AvgIpc) is 2.83. The molecule has 1 aliphatic rings. The van der Waals surface area contributed by atoms with Crippen LogP contribution in [-0.4, -0.2) is 7.11 Å². The van der Waals surface area contributed by atoms with Crippen LogP contribution in [0.2, 0.25) is 0 Å². The van der Waals surface area contributed by atoms with Crippen LogP contribution in [0.15, 0.2) is 36.4 Å². The zero-order chi connectivity index (χ0) is 14.1. The van der Waals surface area contributed by atoms with Crippen LogP contribution in [0.25, 0.3) is 0 Å². The largest absolute Gasteiger partial charge is 0.497 e. The van der Waals surface area contributed by atoms with E-state index in [0.29, 0.717) is 6.04 Å². The van der Waals surface area contributed by atoms with Gasteiger partial charge < -0.3 is 10.1 Å². The second-order valence-electron chi connectivity index (χ2n) is 5.62. The second kappa shape index (κ2) is 5.20. The molecule has 3 rings (SSSR count). The molecule has 0 radical (unpaired) electrons. The highest BCUT2D eigenvalue weighted by atomic mass is 16.5. The van der Waals surface area contributed by atoms with Crippen molar-refractivity contribution in [2.45, 2.75) is 32.7 Å². The van der Waals surface area contributed by atoms with E-state index >= 15 is 0 Å². The van der Waals surface area contributed by atoms with Crippen LogP contribution in [0, 0.1) is 13.8 Å². The Balaban J connectivity index is 1.85. The summed E-state index contributed by atoms with van der Waals surface area (Å²) in [6.45, 7) is 4.28. The summed E-state index contributed by atoms with van der Waals surface area (Å²) in [7, 11) is 1.71. The van der Waals surface area contributed by atoms with Crippen LogP contribution < -0.4 is 10.1 Å². The monoisotopic (exact) mass is 267 g/mol.